The Morgan fingerprint density at radius 3 is 0.855 bits per heavy atom. The predicted molar refractivity (Wildman–Crippen MR) is 388 cm³/mol. The zero-order chi connectivity index (χ0) is 57.3. The Morgan fingerprint density at radius 2 is 0.542 bits per heavy atom. The van der Waals surface area contributed by atoms with Crippen LogP contribution in [0.3, 0.4) is 0 Å². The molecule has 13 heteroatoms. The number of benzene rings is 1. The molecule has 10 aromatic rings. The Kier molecular flexibility index (Phi) is 25.1. The van der Waals surface area contributed by atoms with Gasteiger partial charge in [-0.25, -0.2) is 0 Å². The summed E-state index contributed by atoms with van der Waals surface area (Å²) in [4.78, 5) is 19.3. The zero-order valence-corrected chi connectivity index (χ0v) is 59.7. The summed E-state index contributed by atoms with van der Waals surface area (Å²) in [5.74, 6) is 0. The number of hydrogen-bond donors (Lipinski definition) is 0. The lowest BCUT2D eigenvalue weighted by atomic mass is 10.0. The maximum Gasteiger partial charge on any atom is 0.114 e. The first-order chi connectivity index (χ1) is 40.8. The van der Waals surface area contributed by atoms with Crippen molar-refractivity contribution in [3.8, 4) is 79.4 Å². The second-order valence-electron chi connectivity index (χ2n) is 22.6. The highest BCUT2D eigenvalue weighted by molar-refractivity contribution is 9.11. The van der Waals surface area contributed by atoms with E-state index in [1.807, 2.05) is 90.7 Å². The first-order valence-electron chi connectivity index (χ1n) is 31.3. The van der Waals surface area contributed by atoms with E-state index in [-0.39, 0.29) is 0 Å². The van der Waals surface area contributed by atoms with Crippen LogP contribution >= 0.6 is 134 Å². The maximum atomic E-state index is 5.12. The van der Waals surface area contributed by atoms with E-state index in [9.17, 15) is 0 Å². The molecule has 0 aliphatic heterocycles. The highest BCUT2D eigenvalue weighted by Gasteiger charge is 2.23. The molecule has 9 heterocycles. The van der Waals surface area contributed by atoms with Crippen LogP contribution in [0.15, 0.2) is 92.5 Å². The van der Waals surface area contributed by atoms with Crippen LogP contribution in [0.2, 0.25) is 0 Å². The number of unbranched alkanes of at least 4 members (excludes halogenated alkanes) is 20. The first-order valence-corrected chi connectivity index (χ1v) is 40.2. The van der Waals surface area contributed by atoms with Gasteiger partial charge in [-0.3, -0.25) is 0 Å². The molecule has 0 atom stereocenters. The number of thiophene rings is 8. The van der Waals surface area contributed by atoms with Crippen LogP contribution in [0.25, 0.3) is 90.4 Å². The van der Waals surface area contributed by atoms with Gasteiger partial charge in [0.25, 0.3) is 0 Å². The molecule has 9 aromatic heterocycles. The van der Waals surface area contributed by atoms with Gasteiger partial charge in [-0.1, -0.05) is 168 Å². The van der Waals surface area contributed by atoms with Crippen LogP contribution in [-0.2, 0) is 25.7 Å². The van der Waals surface area contributed by atoms with Crippen molar-refractivity contribution in [2.45, 2.75) is 207 Å². The summed E-state index contributed by atoms with van der Waals surface area (Å²) >= 11 is 24.7. The Morgan fingerprint density at radius 1 is 0.277 bits per heavy atom. The Hall–Kier alpha value is -2.40. The molecule has 0 saturated carbocycles. The second kappa shape index (κ2) is 32.7. The summed E-state index contributed by atoms with van der Waals surface area (Å²) in [5, 5.41) is 0. The summed E-state index contributed by atoms with van der Waals surface area (Å²) in [6, 6.07) is 33.6. The molecule has 0 fully saturated rings. The summed E-state index contributed by atoms with van der Waals surface area (Å²) in [7, 11) is 0. The van der Waals surface area contributed by atoms with Gasteiger partial charge >= 0.3 is 0 Å². The van der Waals surface area contributed by atoms with Gasteiger partial charge in [-0.05, 0) is 178 Å². The minimum atomic E-state index is 1.03. The van der Waals surface area contributed by atoms with Crippen LogP contribution in [0.4, 0.5) is 0 Å². The lowest BCUT2D eigenvalue weighted by Gasteiger charge is -2.04. The molecule has 2 nitrogen and oxygen atoms in total. The smallest absolute Gasteiger partial charge is 0.114 e. The van der Waals surface area contributed by atoms with E-state index in [0.717, 1.165) is 36.7 Å². The number of nitrogens with zero attached hydrogens (tertiary/aromatic N) is 2. The van der Waals surface area contributed by atoms with Crippen molar-refractivity contribution in [1.29, 1.82) is 0 Å². The van der Waals surface area contributed by atoms with Crippen LogP contribution in [-0.4, -0.2) is 8.75 Å². The fourth-order valence-corrected chi connectivity index (χ4v) is 22.7. The molecule has 0 bridgehead atoms. The fraction of sp³-hybridized carbons (Fsp3) is 0.457. The summed E-state index contributed by atoms with van der Waals surface area (Å²) in [6.07, 6.45) is 36.0. The third-order valence-corrected chi connectivity index (χ3v) is 27.9. The van der Waals surface area contributed by atoms with Crippen LogP contribution < -0.4 is 0 Å². The normalized spacial score (nSPS) is 11.9. The van der Waals surface area contributed by atoms with Gasteiger partial charge in [0.05, 0.1) is 19.3 Å². The van der Waals surface area contributed by atoms with Gasteiger partial charge in [-0.15, -0.1) is 90.7 Å². The van der Waals surface area contributed by atoms with Crippen LogP contribution in [0.1, 0.15) is 204 Å². The number of aromatic nitrogens is 2. The van der Waals surface area contributed by atoms with E-state index < -0.39 is 0 Å². The molecule has 0 aliphatic rings. The van der Waals surface area contributed by atoms with Crippen molar-refractivity contribution < 1.29 is 0 Å². The van der Waals surface area contributed by atoms with Gasteiger partial charge in [0.1, 0.15) is 11.0 Å². The van der Waals surface area contributed by atoms with Crippen molar-refractivity contribution in [3.05, 3.63) is 115 Å². The van der Waals surface area contributed by atoms with Crippen LogP contribution in [0, 0.1) is 0 Å². The largest absolute Gasteiger partial charge is 0.172 e. The number of hydrogen-bond acceptors (Lipinski definition) is 11. The minimum Gasteiger partial charge on any atom is -0.172 e. The fourth-order valence-electron chi connectivity index (χ4n) is 11.5. The average molecular weight is 1400 g/mol. The predicted octanol–water partition coefficient (Wildman–Crippen LogP) is 28.7. The summed E-state index contributed by atoms with van der Waals surface area (Å²) < 4.78 is 12.7. The molecule has 0 N–H and O–H groups in total. The molecule has 0 unspecified atom stereocenters. The quantitative estimate of drug-likeness (QED) is 0.0366. The highest BCUT2D eigenvalue weighted by Crippen LogP contribution is 2.51. The second-order valence-corrected chi connectivity index (χ2v) is 34.4. The summed E-state index contributed by atoms with van der Waals surface area (Å²) in [6.45, 7) is 9.23. The topological polar surface area (TPSA) is 25.8 Å². The molecule has 0 radical (unpaired) electrons. The lowest BCUT2D eigenvalue weighted by Crippen LogP contribution is -1.86. The number of rotatable bonds is 36. The SMILES string of the molecule is CCCCCCCCc1cc(Br)sc1-c1ccc(-c2ccc(-c3sc(-c4ccc(-c5cc(CCCCCCCC)c(-c6ccc(-c7ccc(-c8sc(Br)cc8CCCCCCCC)s7)s6)s5)c5nsnc45)cc3CCCCCCCC)s2)s1. The number of fused-ring (bicyclic) bond motifs is 1. The van der Waals surface area contributed by atoms with Crippen molar-refractivity contribution in [2.75, 3.05) is 0 Å². The molecular weight excluding hydrogens is 1320 g/mol. The highest BCUT2D eigenvalue weighted by atomic mass is 79.9. The molecule has 83 heavy (non-hydrogen) atoms. The monoisotopic (exact) mass is 1400 g/mol. The van der Waals surface area contributed by atoms with Gasteiger partial charge in [0, 0.05) is 79.4 Å². The summed E-state index contributed by atoms with van der Waals surface area (Å²) in [5.41, 5.74) is 10.5. The molecule has 0 amide bonds. The van der Waals surface area contributed by atoms with E-state index in [1.54, 1.807) is 0 Å². The molecule has 440 valence electrons. The van der Waals surface area contributed by atoms with E-state index >= 15 is 0 Å². The Bertz CT molecular complexity index is 3330. The molecule has 1 aromatic carbocycles. The van der Waals surface area contributed by atoms with Gasteiger partial charge in [0.2, 0.25) is 0 Å². The standard InChI is InChI=1S/C70H82Br2N2S9/c1-5-9-13-17-21-25-29-47-43-61(79-67(47)57-39-35-53(75-57)55-37-41-59(77-55)69-49(45-63(71)81-69)31-27-23-19-15-11-7-3)51-33-34-52(66-65(51)73-83-74-66)62-44-48(30-26-22-18-14-10-6-2)68(80-62)58-40-36-54(76-58)56-38-42-60(78-56)70-50(46-64(72)82-70)32-28-24-20-16-12-8-4/h33-46H,5-32H2,1-4H3. The maximum absolute atomic E-state index is 5.12. The van der Waals surface area contributed by atoms with Crippen molar-refractivity contribution in [3.63, 3.8) is 0 Å². The number of halogens is 2. The Balaban J connectivity index is 0.908. The third-order valence-electron chi connectivity index (χ3n) is 16.1. The average Bonchev–Trinajstić information content (AvgIpc) is 4.44. The van der Waals surface area contributed by atoms with Crippen molar-refractivity contribution >= 4 is 145 Å². The lowest BCUT2D eigenvalue weighted by molar-refractivity contribution is 0.608. The zero-order valence-electron chi connectivity index (χ0n) is 49.2. The van der Waals surface area contributed by atoms with E-state index in [4.69, 9.17) is 8.75 Å². The van der Waals surface area contributed by atoms with Gasteiger partial charge in [-0.2, -0.15) is 8.75 Å². The molecule has 0 saturated heterocycles. The third kappa shape index (κ3) is 16.9. The molecule has 0 spiro atoms. The van der Waals surface area contributed by atoms with E-state index in [0.29, 0.717) is 0 Å². The first kappa shape index (κ1) is 63.6. The number of aryl methyl sites for hydroxylation is 4. The van der Waals surface area contributed by atoms with Gasteiger partial charge in [0.15, 0.2) is 0 Å². The van der Waals surface area contributed by atoms with Crippen LogP contribution in [0.5, 0.6) is 0 Å². The van der Waals surface area contributed by atoms with Crippen molar-refractivity contribution in [2.24, 2.45) is 0 Å². The molecule has 10 rings (SSSR count). The Labute approximate surface area is 549 Å². The van der Waals surface area contributed by atoms with Gasteiger partial charge < -0.3 is 0 Å². The van der Waals surface area contributed by atoms with E-state index in [2.05, 4.69) is 144 Å². The minimum absolute atomic E-state index is 1.03. The molecule has 0 aliphatic carbocycles. The van der Waals surface area contributed by atoms with Crippen molar-refractivity contribution in [1.82, 2.24) is 8.75 Å². The van der Waals surface area contributed by atoms with E-state index in [1.165, 1.54) is 275 Å². The molecular formula is C70H82Br2N2S9.